The van der Waals surface area contributed by atoms with Crippen molar-refractivity contribution < 1.29 is 14.4 Å². The van der Waals surface area contributed by atoms with Crippen molar-refractivity contribution in [3.63, 3.8) is 0 Å². The molecular formula is C19H17ClN4O3S. The Morgan fingerprint density at radius 3 is 2.36 bits per heavy atom. The standard InChI is InChI=1S/C19H17ClN4O3S/c20-14-8-6-13(7-9-14)17(26)22-24-15(10-16(21)25)18(27)23(19(24)28)11-12-4-2-1-3-5-12/h1-9,15H,10-11H2,(H2,21,25)(H,22,26). The Bertz CT molecular complexity index is 921. The van der Waals surface area contributed by atoms with Crippen LogP contribution in [0.4, 0.5) is 0 Å². The van der Waals surface area contributed by atoms with E-state index in [-0.39, 0.29) is 18.1 Å². The third kappa shape index (κ3) is 4.29. The zero-order chi connectivity index (χ0) is 20.3. The molecule has 0 aliphatic carbocycles. The van der Waals surface area contributed by atoms with Crippen LogP contribution in [0.25, 0.3) is 0 Å². The number of halogens is 1. The van der Waals surface area contributed by atoms with E-state index in [4.69, 9.17) is 29.6 Å². The predicted octanol–water partition coefficient (Wildman–Crippen LogP) is 1.86. The van der Waals surface area contributed by atoms with Gasteiger partial charge < -0.3 is 5.73 Å². The van der Waals surface area contributed by atoms with Crippen LogP contribution in [0.15, 0.2) is 54.6 Å². The summed E-state index contributed by atoms with van der Waals surface area (Å²) in [4.78, 5) is 38.2. The Morgan fingerprint density at radius 1 is 1.11 bits per heavy atom. The number of benzene rings is 2. The van der Waals surface area contributed by atoms with Crippen molar-refractivity contribution in [2.45, 2.75) is 19.0 Å². The fourth-order valence-electron chi connectivity index (χ4n) is 2.83. The first-order chi connectivity index (χ1) is 13.4. The summed E-state index contributed by atoms with van der Waals surface area (Å²) in [5.74, 6) is -1.56. The van der Waals surface area contributed by atoms with Gasteiger partial charge in [-0.05, 0) is 42.0 Å². The maximum absolute atomic E-state index is 12.8. The molecule has 9 heteroatoms. The average molecular weight is 417 g/mol. The van der Waals surface area contributed by atoms with Crippen LogP contribution in [0.1, 0.15) is 22.3 Å². The monoisotopic (exact) mass is 416 g/mol. The number of hydrogen-bond donors (Lipinski definition) is 2. The Kier molecular flexibility index (Phi) is 5.91. The van der Waals surface area contributed by atoms with Gasteiger partial charge >= 0.3 is 0 Å². The highest BCUT2D eigenvalue weighted by molar-refractivity contribution is 7.80. The molecule has 28 heavy (non-hydrogen) atoms. The van der Waals surface area contributed by atoms with Gasteiger partial charge in [0.2, 0.25) is 5.91 Å². The topological polar surface area (TPSA) is 95.7 Å². The van der Waals surface area contributed by atoms with E-state index in [0.717, 1.165) is 5.56 Å². The second-order valence-corrected chi connectivity index (χ2v) is 7.00. The van der Waals surface area contributed by atoms with Crippen molar-refractivity contribution in [3.05, 3.63) is 70.7 Å². The molecule has 2 aromatic rings. The van der Waals surface area contributed by atoms with Gasteiger partial charge in [-0.1, -0.05) is 41.9 Å². The van der Waals surface area contributed by atoms with E-state index >= 15 is 0 Å². The number of nitrogens with two attached hydrogens (primary N) is 1. The number of amides is 3. The second-order valence-electron chi connectivity index (χ2n) is 6.20. The summed E-state index contributed by atoms with van der Waals surface area (Å²) in [6.45, 7) is 0.223. The zero-order valence-electron chi connectivity index (χ0n) is 14.7. The molecule has 1 aliphatic rings. The molecule has 0 spiro atoms. The van der Waals surface area contributed by atoms with Crippen LogP contribution in [0.2, 0.25) is 5.02 Å². The van der Waals surface area contributed by atoms with E-state index in [1.54, 1.807) is 24.3 Å². The number of hydrazine groups is 1. The van der Waals surface area contributed by atoms with Gasteiger partial charge in [0.15, 0.2) is 5.11 Å². The smallest absolute Gasteiger partial charge is 0.269 e. The first-order valence-electron chi connectivity index (χ1n) is 8.40. The summed E-state index contributed by atoms with van der Waals surface area (Å²) in [5, 5.41) is 1.81. The SMILES string of the molecule is NC(=O)CC1C(=O)N(Cc2ccccc2)C(=S)N1NC(=O)c1ccc(Cl)cc1. The molecule has 1 unspecified atom stereocenters. The summed E-state index contributed by atoms with van der Waals surface area (Å²) >= 11 is 11.2. The third-order valence-corrected chi connectivity index (χ3v) is 4.88. The number of hydrogen-bond acceptors (Lipinski definition) is 4. The van der Waals surface area contributed by atoms with Crippen molar-refractivity contribution in [1.82, 2.24) is 15.3 Å². The normalized spacial score (nSPS) is 16.4. The highest BCUT2D eigenvalue weighted by Crippen LogP contribution is 2.22. The molecule has 2 aromatic carbocycles. The molecular weight excluding hydrogens is 400 g/mol. The van der Waals surface area contributed by atoms with E-state index in [2.05, 4.69) is 5.43 Å². The molecule has 1 heterocycles. The van der Waals surface area contributed by atoms with E-state index in [1.165, 1.54) is 9.91 Å². The Hall–Kier alpha value is -2.97. The molecule has 0 aromatic heterocycles. The minimum absolute atomic E-state index is 0.0995. The van der Waals surface area contributed by atoms with Crippen LogP contribution in [-0.4, -0.2) is 38.8 Å². The number of thiocarbonyl (C=S) groups is 1. The molecule has 3 amide bonds. The van der Waals surface area contributed by atoms with Crippen LogP contribution in [0.5, 0.6) is 0 Å². The number of carbonyl (C=O) groups excluding carboxylic acids is 3. The van der Waals surface area contributed by atoms with E-state index in [9.17, 15) is 14.4 Å². The lowest BCUT2D eigenvalue weighted by atomic mass is 10.1. The van der Waals surface area contributed by atoms with Crippen molar-refractivity contribution in [2.24, 2.45) is 5.73 Å². The molecule has 1 aliphatic heterocycles. The van der Waals surface area contributed by atoms with Gasteiger partial charge in [-0.15, -0.1) is 0 Å². The first kappa shape index (κ1) is 19.8. The maximum atomic E-state index is 12.8. The van der Waals surface area contributed by atoms with Gasteiger partial charge in [0.1, 0.15) is 6.04 Å². The maximum Gasteiger partial charge on any atom is 0.269 e. The lowest BCUT2D eigenvalue weighted by molar-refractivity contribution is -0.131. The largest absolute Gasteiger partial charge is 0.370 e. The second kappa shape index (κ2) is 8.37. The van der Waals surface area contributed by atoms with Crippen molar-refractivity contribution >= 4 is 46.7 Å². The molecule has 3 rings (SSSR count). The molecule has 144 valence electrons. The number of nitrogens with zero attached hydrogens (tertiary/aromatic N) is 2. The Morgan fingerprint density at radius 2 is 1.75 bits per heavy atom. The molecule has 1 fully saturated rings. The van der Waals surface area contributed by atoms with Crippen LogP contribution in [0, 0.1) is 0 Å². The van der Waals surface area contributed by atoms with E-state index < -0.39 is 23.8 Å². The average Bonchev–Trinajstić information content (AvgIpc) is 2.87. The van der Waals surface area contributed by atoms with Gasteiger partial charge in [0, 0.05) is 10.6 Å². The van der Waals surface area contributed by atoms with Crippen LogP contribution >= 0.6 is 23.8 Å². The quantitative estimate of drug-likeness (QED) is 0.701. The van der Waals surface area contributed by atoms with Gasteiger partial charge in [0.25, 0.3) is 11.8 Å². The molecule has 7 nitrogen and oxygen atoms in total. The highest BCUT2D eigenvalue weighted by Gasteiger charge is 2.44. The minimum atomic E-state index is -0.995. The van der Waals surface area contributed by atoms with E-state index in [0.29, 0.717) is 10.6 Å². The minimum Gasteiger partial charge on any atom is -0.370 e. The first-order valence-corrected chi connectivity index (χ1v) is 9.19. The van der Waals surface area contributed by atoms with Crippen molar-refractivity contribution in [2.75, 3.05) is 0 Å². The fourth-order valence-corrected chi connectivity index (χ4v) is 3.28. The number of carbonyl (C=O) groups is 3. The number of nitrogens with one attached hydrogen (secondary N) is 1. The molecule has 1 saturated heterocycles. The summed E-state index contributed by atoms with van der Waals surface area (Å²) in [6, 6.07) is 14.5. The summed E-state index contributed by atoms with van der Waals surface area (Å²) in [6.07, 6.45) is -0.273. The highest BCUT2D eigenvalue weighted by atomic mass is 35.5. The predicted molar refractivity (Wildman–Crippen MR) is 108 cm³/mol. The Balaban J connectivity index is 1.83. The molecule has 0 bridgehead atoms. The van der Waals surface area contributed by atoms with Gasteiger partial charge in [-0.25, -0.2) is 5.01 Å². The number of rotatable bonds is 6. The summed E-state index contributed by atoms with van der Waals surface area (Å²) in [7, 11) is 0. The van der Waals surface area contributed by atoms with E-state index in [1.807, 2.05) is 30.3 Å². The molecule has 0 radical (unpaired) electrons. The van der Waals surface area contributed by atoms with Gasteiger partial charge in [-0.3, -0.25) is 24.7 Å². The van der Waals surface area contributed by atoms with Crippen molar-refractivity contribution in [1.29, 1.82) is 0 Å². The van der Waals surface area contributed by atoms with Crippen LogP contribution in [-0.2, 0) is 16.1 Å². The molecule has 0 saturated carbocycles. The van der Waals surface area contributed by atoms with Gasteiger partial charge in [0.05, 0.1) is 13.0 Å². The molecule has 1 atom stereocenters. The summed E-state index contributed by atoms with van der Waals surface area (Å²) in [5.41, 5.74) is 9.09. The lowest BCUT2D eigenvalue weighted by Crippen LogP contribution is -2.49. The zero-order valence-corrected chi connectivity index (χ0v) is 16.2. The fraction of sp³-hybridized carbons (Fsp3) is 0.158. The third-order valence-electron chi connectivity index (χ3n) is 4.21. The van der Waals surface area contributed by atoms with Crippen LogP contribution in [0.3, 0.4) is 0 Å². The Labute approximate surface area is 172 Å². The number of primary amides is 1. The van der Waals surface area contributed by atoms with Gasteiger partial charge in [-0.2, -0.15) is 0 Å². The lowest BCUT2D eigenvalue weighted by Gasteiger charge is -2.24. The van der Waals surface area contributed by atoms with Crippen molar-refractivity contribution in [3.8, 4) is 0 Å². The summed E-state index contributed by atoms with van der Waals surface area (Å²) < 4.78 is 0. The molecule has 3 N–H and O–H groups in total. The van der Waals surface area contributed by atoms with Crippen LogP contribution < -0.4 is 11.2 Å².